The third-order valence-electron chi connectivity index (χ3n) is 3.86. The lowest BCUT2D eigenvalue weighted by Gasteiger charge is -2.38. The summed E-state index contributed by atoms with van der Waals surface area (Å²) in [4.78, 5) is 2.43. The molecule has 0 unspecified atom stereocenters. The topological polar surface area (TPSA) is 23.5 Å². The number of rotatable bonds is 4. The molecule has 0 amide bonds. The molecule has 0 spiro atoms. The summed E-state index contributed by atoms with van der Waals surface area (Å²) in [5.74, 6) is 0. The van der Waals surface area contributed by atoms with Gasteiger partial charge >= 0.3 is 0 Å². The average molecular weight is 347 g/mol. The normalized spacial score (nSPS) is 19.6. The van der Waals surface area contributed by atoms with Crippen molar-refractivity contribution in [2.45, 2.75) is 38.2 Å². The van der Waals surface area contributed by atoms with E-state index in [9.17, 15) is 5.11 Å². The van der Waals surface area contributed by atoms with Crippen molar-refractivity contribution in [3.8, 4) is 0 Å². The molecule has 2 rings (SSSR count). The molecule has 0 bridgehead atoms. The Morgan fingerprint density at radius 2 is 2.05 bits per heavy atom. The highest BCUT2D eigenvalue weighted by atomic mass is 79.9. The summed E-state index contributed by atoms with van der Waals surface area (Å²) in [7, 11) is 0. The molecule has 0 aromatic heterocycles. The first-order valence-corrected chi connectivity index (χ1v) is 8.08. The van der Waals surface area contributed by atoms with E-state index in [2.05, 4.69) is 27.8 Å². The molecule has 1 aliphatic rings. The second kappa shape index (κ2) is 6.57. The van der Waals surface area contributed by atoms with Gasteiger partial charge in [-0.2, -0.15) is 0 Å². The molecule has 1 heterocycles. The molecule has 1 saturated heterocycles. The average Bonchev–Trinajstić information content (AvgIpc) is 2.36. The van der Waals surface area contributed by atoms with Crippen LogP contribution in [0.15, 0.2) is 22.7 Å². The highest BCUT2D eigenvalue weighted by Gasteiger charge is 2.32. The first-order chi connectivity index (χ1) is 9.02. The molecule has 0 saturated carbocycles. The minimum Gasteiger partial charge on any atom is -0.389 e. The highest BCUT2D eigenvalue weighted by Crippen LogP contribution is 2.30. The molecule has 0 radical (unpaired) electrons. The van der Waals surface area contributed by atoms with E-state index in [1.807, 2.05) is 18.2 Å². The van der Waals surface area contributed by atoms with Gasteiger partial charge in [-0.3, -0.25) is 0 Å². The predicted molar refractivity (Wildman–Crippen MR) is 83.8 cm³/mol. The molecule has 19 heavy (non-hydrogen) atoms. The molecule has 1 aromatic carbocycles. The van der Waals surface area contributed by atoms with E-state index in [-0.39, 0.29) is 0 Å². The Kier molecular flexibility index (Phi) is 5.29. The molecule has 4 heteroatoms. The van der Waals surface area contributed by atoms with Crippen LogP contribution in [0.1, 0.15) is 31.7 Å². The van der Waals surface area contributed by atoms with Gasteiger partial charge in [-0.05, 0) is 43.5 Å². The van der Waals surface area contributed by atoms with Crippen molar-refractivity contribution < 1.29 is 5.11 Å². The largest absolute Gasteiger partial charge is 0.389 e. The van der Waals surface area contributed by atoms with Crippen LogP contribution in [0.2, 0.25) is 5.02 Å². The van der Waals surface area contributed by atoms with Crippen LogP contribution in [-0.2, 0) is 6.42 Å². The number of benzene rings is 1. The second-order valence-corrected chi connectivity index (χ2v) is 6.80. The van der Waals surface area contributed by atoms with Gasteiger partial charge in [0.25, 0.3) is 0 Å². The van der Waals surface area contributed by atoms with Gasteiger partial charge in [-0.15, -0.1) is 0 Å². The maximum absolute atomic E-state index is 10.7. The van der Waals surface area contributed by atoms with E-state index in [1.54, 1.807) is 0 Å². The number of likely N-dealkylation sites (tertiary alicyclic amines) is 1. The Hall–Kier alpha value is -0.0900. The van der Waals surface area contributed by atoms with Crippen molar-refractivity contribution >= 4 is 27.5 Å². The van der Waals surface area contributed by atoms with Crippen molar-refractivity contribution in [1.82, 2.24) is 4.90 Å². The van der Waals surface area contributed by atoms with Crippen LogP contribution in [0.5, 0.6) is 0 Å². The summed E-state index contributed by atoms with van der Waals surface area (Å²) in [6, 6.07) is 5.88. The summed E-state index contributed by atoms with van der Waals surface area (Å²) in [6.07, 6.45) is 3.49. The summed E-state index contributed by atoms with van der Waals surface area (Å²) in [5, 5.41) is 11.4. The monoisotopic (exact) mass is 345 g/mol. The van der Waals surface area contributed by atoms with Gasteiger partial charge in [0.05, 0.1) is 5.60 Å². The number of hydrogen-bond acceptors (Lipinski definition) is 2. The van der Waals surface area contributed by atoms with E-state index >= 15 is 0 Å². The van der Waals surface area contributed by atoms with Gasteiger partial charge in [-0.25, -0.2) is 0 Å². The number of halogens is 2. The molecule has 106 valence electrons. The summed E-state index contributed by atoms with van der Waals surface area (Å²) < 4.78 is 0.978. The van der Waals surface area contributed by atoms with Gasteiger partial charge < -0.3 is 10.0 Å². The van der Waals surface area contributed by atoms with Crippen LogP contribution in [0.25, 0.3) is 0 Å². The lowest BCUT2D eigenvalue weighted by Crippen LogP contribution is -2.45. The molecule has 1 fully saturated rings. The maximum atomic E-state index is 10.7. The molecule has 1 aromatic rings. The Bertz CT molecular complexity index is 430. The fourth-order valence-corrected chi connectivity index (χ4v) is 3.45. The van der Waals surface area contributed by atoms with Crippen molar-refractivity contribution in [3.63, 3.8) is 0 Å². The standard InChI is InChI=1S/C15H21BrClNO/c1-2-7-18-8-5-15(19,6-9-18)11-12-3-4-13(16)10-14(12)17/h3-4,10,19H,2,5-9,11H2,1H3. The Labute approximate surface area is 128 Å². The SMILES string of the molecule is CCCN1CCC(O)(Cc2ccc(Br)cc2Cl)CC1. The Balaban J connectivity index is 1.99. The molecule has 0 atom stereocenters. The highest BCUT2D eigenvalue weighted by molar-refractivity contribution is 9.10. The van der Waals surface area contributed by atoms with Crippen molar-refractivity contribution in [3.05, 3.63) is 33.3 Å². The Morgan fingerprint density at radius 3 is 2.63 bits per heavy atom. The second-order valence-electron chi connectivity index (χ2n) is 5.48. The van der Waals surface area contributed by atoms with Gasteiger partial charge in [0.15, 0.2) is 0 Å². The number of aliphatic hydroxyl groups is 1. The molecular weight excluding hydrogens is 326 g/mol. The smallest absolute Gasteiger partial charge is 0.0712 e. The van der Waals surface area contributed by atoms with E-state index in [0.29, 0.717) is 6.42 Å². The van der Waals surface area contributed by atoms with Gasteiger partial charge in [0.1, 0.15) is 0 Å². The molecule has 1 aliphatic heterocycles. The molecule has 1 N–H and O–H groups in total. The number of piperidine rings is 1. The van der Waals surface area contributed by atoms with E-state index < -0.39 is 5.60 Å². The van der Waals surface area contributed by atoms with Gasteiger partial charge in [0.2, 0.25) is 0 Å². The zero-order chi connectivity index (χ0) is 13.9. The third-order valence-corrected chi connectivity index (χ3v) is 4.71. The Morgan fingerprint density at radius 1 is 1.37 bits per heavy atom. The fraction of sp³-hybridized carbons (Fsp3) is 0.600. The maximum Gasteiger partial charge on any atom is 0.0712 e. The van der Waals surface area contributed by atoms with Crippen LogP contribution >= 0.6 is 27.5 Å². The molecule has 0 aliphatic carbocycles. The predicted octanol–water partition coefficient (Wildman–Crippen LogP) is 3.88. The fourth-order valence-electron chi connectivity index (χ4n) is 2.71. The van der Waals surface area contributed by atoms with Gasteiger partial charge in [-0.1, -0.05) is 40.5 Å². The number of nitrogens with zero attached hydrogens (tertiary/aromatic N) is 1. The van der Waals surface area contributed by atoms with Gasteiger partial charge in [0, 0.05) is 29.0 Å². The quantitative estimate of drug-likeness (QED) is 0.894. The van der Waals surface area contributed by atoms with Crippen LogP contribution in [-0.4, -0.2) is 35.2 Å². The molecular formula is C15H21BrClNO. The van der Waals surface area contributed by atoms with E-state index in [0.717, 1.165) is 47.5 Å². The van der Waals surface area contributed by atoms with Crippen LogP contribution in [0.4, 0.5) is 0 Å². The first kappa shape index (κ1) is 15.3. The summed E-state index contributed by atoms with van der Waals surface area (Å²) >= 11 is 9.64. The van der Waals surface area contributed by atoms with Crippen molar-refractivity contribution in [2.75, 3.05) is 19.6 Å². The van der Waals surface area contributed by atoms with E-state index in [1.165, 1.54) is 6.42 Å². The lowest BCUT2D eigenvalue weighted by atomic mass is 9.85. The van der Waals surface area contributed by atoms with Crippen LogP contribution in [0.3, 0.4) is 0 Å². The van der Waals surface area contributed by atoms with Crippen molar-refractivity contribution in [2.24, 2.45) is 0 Å². The minimum absolute atomic E-state index is 0.596. The summed E-state index contributed by atoms with van der Waals surface area (Å²) in [5.41, 5.74) is 0.443. The summed E-state index contributed by atoms with van der Waals surface area (Å²) in [6.45, 7) is 5.30. The van der Waals surface area contributed by atoms with Crippen molar-refractivity contribution in [1.29, 1.82) is 0 Å². The first-order valence-electron chi connectivity index (χ1n) is 6.91. The van der Waals surface area contributed by atoms with E-state index in [4.69, 9.17) is 11.6 Å². The lowest BCUT2D eigenvalue weighted by molar-refractivity contribution is -0.0204. The zero-order valence-corrected chi connectivity index (χ0v) is 13.7. The van der Waals surface area contributed by atoms with Crippen LogP contribution < -0.4 is 0 Å². The zero-order valence-electron chi connectivity index (χ0n) is 11.3. The molecule has 2 nitrogen and oxygen atoms in total. The number of hydrogen-bond donors (Lipinski definition) is 1. The third kappa shape index (κ3) is 4.19. The minimum atomic E-state index is -0.596. The van der Waals surface area contributed by atoms with Crippen LogP contribution in [0, 0.1) is 0 Å².